The molecule has 1 fully saturated rings. The molecule has 1 aliphatic carbocycles. The highest BCUT2D eigenvalue weighted by molar-refractivity contribution is 7.09. The zero-order chi connectivity index (χ0) is 25.1. The number of fused-ring (bicyclic) bond motifs is 1. The molecule has 0 unspecified atom stereocenters. The number of nitrogens with one attached hydrogen (secondary N) is 1. The topological polar surface area (TPSA) is 71.5 Å². The SMILES string of the molecule is CC(C)NC(=O)c1csc(COc2ccc3c(c2)[C@@H](c2ccccc2)N(C(=O)C2CCCC2)CC3)n1. The van der Waals surface area contributed by atoms with E-state index in [1.807, 2.05) is 38.1 Å². The Morgan fingerprint density at radius 3 is 2.67 bits per heavy atom. The summed E-state index contributed by atoms with van der Waals surface area (Å²) in [5.74, 6) is 1.00. The van der Waals surface area contributed by atoms with Gasteiger partial charge in [0.1, 0.15) is 23.1 Å². The van der Waals surface area contributed by atoms with E-state index in [0.717, 1.165) is 60.5 Å². The molecule has 0 spiro atoms. The monoisotopic (exact) mass is 503 g/mol. The van der Waals surface area contributed by atoms with Gasteiger partial charge in [0.25, 0.3) is 5.91 Å². The van der Waals surface area contributed by atoms with Crippen LogP contribution < -0.4 is 10.1 Å². The van der Waals surface area contributed by atoms with Crippen molar-refractivity contribution < 1.29 is 14.3 Å². The molecule has 2 aromatic carbocycles. The molecule has 1 aliphatic heterocycles. The summed E-state index contributed by atoms with van der Waals surface area (Å²) in [6.07, 6.45) is 5.13. The molecular formula is C29H33N3O3S. The summed E-state index contributed by atoms with van der Waals surface area (Å²) in [5.41, 5.74) is 3.94. The Labute approximate surface area is 216 Å². The second kappa shape index (κ2) is 10.8. The molecule has 1 aromatic heterocycles. The average Bonchev–Trinajstić information content (AvgIpc) is 3.59. The van der Waals surface area contributed by atoms with Crippen LogP contribution in [0.25, 0.3) is 0 Å². The normalized spacial score (nSPS) is 17.8. The van der Waals surface area contributed by atoms with Crippen LogP contribution in [-0.2, 0) is 17.8 Å². The highest BCUT2D eigenvalue weighted by atomic mass is 32.1. The molecule has 2 amide bonds. The minimum Gasteiger partial charge on any atom is -0.486 e. The van der Waals surface area contributed by atoms with E-state index in [4.69, 9.17) is 4.74 Å². The minimum absolute atomic E-state index is 0.0621. The van der Waals surface area contributed by atoms with Crippen molar-refractivity contribution in [2.75, 3.05) is 6.54 Å². The van der Waals surface area contributed by atoms with Crippen molar-refractivity contribution in [2.45, 2.75) is 64.6 Å². The highest BCUT2D eigenvalue weighted by Gasteiger charge is 2.36. The molecule has 1 saturated carbocycles. The number of ether oxygens (including phenoxy) is 1. The van der Waals surface area contributed by atoms with Gasteiger partial charge in [-0.15, -0.1) is 11.3 Å². The molecule has 36 heavy (non-hydrogen) atoms. The molecule has 1 atom stereocenters. The fourth-order valence-electron chi connectivity index (χ4n) is 5.29. The standard InChI is InChI=1S/C29H33N3O3S/c1-19(2)30-28(33)25-18-36-26(31-25)17-35-23-13-12-20-14-15-32(29(34)22-10-6-7-11-22)27(24(20)16-23)21-8-4-3-5-9-21/h3-5,8-9,12-13,16,18-19,22,27H,6-7,10-11,14-15,17H2,1-2H3,(H,30,33)/t27-/m1/s1. The lowest BCUT2D eigenvalue weighted by Gasteiger charge is -2.39. The maximum absolute atomic E-state index is 13.6. The van der Waals surface area contributed by atoms with Crippen molar-refractivity contribution in [2.24, 2.45) is 5.92 Å². The van der Waals surface area contributed by atoms with Crippen molar-refractivity contribution in [3.63, 3.8) is 0 Å². The van der Waals surface area contributed by atoms with Crippen LogP contribution >= 0.6 is 11.3 Å². The van der Waals surface area contributed by atoms with Gasteiger partial charge >= 0.3 is 0 Å². The summed E-state index contributed by atoms with van der Waals surface area (Å²) < 4.78 is 6.12. The third kappa shape index (κ3) is 5.31. The number of amides is 2. The number of thiazole rings is 1. The van der Waals surface area contributed by atoms with Crippen LogP contribution in [0.1, 0.15) is 77.8 Å². The summed E-state index contributed by atoms with van der Waals surface area (Å²) in [4.78, 5) is 32.3. The number of carbonyl (C=O) groups excluding carboxylic acids is 2. The Bertz CT molecular complexity index is 1220. The van der Waals surface area contributed by atoms with Gasteiger partial charge in [0, 0.05) is 23.9 Å². The Balaban J connectivity index is 1.37. The van der Waals surface area contributed by atoms with Gasteiger partial charge in [0.15, 0.2) is 0 Å². The largest absolute Gasteiger partial charge is 0.486 e. The number of rotatable bonds is 7. The number of benzene rings is 2. The van der Waals surface area contributed by atoms with Crippen molar-refractivity contribution >= 4 is 23.2 Å². The maximum Gasteiger partial charge on any atom is 0.270 e. The molecule has 0 bridgehead atoms. The summed E-state index contributed by atoms with van der Waals surface area (Å²) >= 11 is 1.42. The molecule has 188 valence electrons. The van der Waals surface area contributed by atoms with E-state index >= 15 is 0 Å². The van der Waals surface area contributed by atoms with E-state index in [9.17, 15) is 9.59 Å². The van der Waals surface area contributed by atoms with Crippen LogP contribution in [0.3, 0.4) is 0 Å². The Morgan fingerprint density at radius 1 is 1.14 bits per heavy atom. The first-order valence-corrected chi connectivity index (χ1v) is 13.7. The summed E-state index contributed by atoms with van der Waals surface area (Å²) in [6.45, 7) is 4.88. The van der Waals surface area contributed by atoms with Crippen LogP contribution in [0.15, 0.2) is 53.9 Å². The van der Waals surface area contributed by atoms with Crippen LogP contribution in [0.4, 0.5) is 0 Å². The van der Waals surface area contributed by atoms with Gasteiger partial charge in [0.2, 0.25) is 5.91 Å². The van der Waals surface area contributed by atoms with Crippen LogP contribution in [0.2, 0.25) is 0 Å². The fraction of sp³-hybridized carbons (Fsp3) is 0.414. The first-order chi connectivity index (χ1) is 17.5. The summed E-state index contributed by atoms with van der Waals surface area (Å²) in [5, 5.41) is 5.38. The van der Waals surface area contributed by atoms with E-state index in [1.54, 1.807) is 5.38 Å². The van der Waals surface area contributed by atoms with Crippen molar-refractivity contribution in [1.82, 2.24) is 15.2 Å². The predicted molar refractivity (Wildman–Crippen MR) is 141 cm³/mol. The quantitative estimate of drug-likeness (QED) is 0.461. The molecule has 0 saturated heterocycles. The van der Waals surface area contributed by atoms with Crippen molar-refractivity contribution in [3.8, 4) is 5.75 Å². The van der Waals surface area contributed by atoms with Crippen molar-refractivity contribution in [3.05, 3.63) is 81.3 Å². The smallest absolute Gasteiger partial charge is 0.270 e. The molecule has 3 aromatic rings. The van der Waals surface area contributed by atoms with Gasteiger partial charge in [-0.2, -0.15) is 0 Å². The first kappa shape index (κ1) is 24.5. The van der Waals surface area contributed by atoms with Gasteiger partial charge in [-0.05, 0) is 61.9 Å². The van der Waals surface area contributed by atoms with Gasteiger partial charge in [-0.25, -0.2) is 4.98 Å². The summed E-state index contributed by atoms with van der Waals surface area (Å²) in [7, 11) is 0. The zero-order valence-corrected chi connectivity index (χ0v) is 21.7. The van der Waals surface area contributed by atoms with Gasteiger partial charge < -0.3 is 15.0 Å². The van der Waals surface area contributed by atoms with Crippen LogP contribution in [0.5, 0.6) is 5.75 Å². The molecular weight excluding hydrogens is 470 g/mol. The molecule has 5 rings (SSSR count). The van der Waals surface area contributed by atoms with E-state index < -0.39 is 0 Å². The van der Waals surface area contributed by atoms with E-state index in [-0.39, 0.29) is 29.8 Å². The van der Waals surface area contributed by atoms with Crippen LogP contribution in [-0.4, -0.2) is 34.3 Å². The Hall–Kier alpha value is -3.19. The predicted octanol–water partition coefficient (Wildman–Crippen LogP) is 5.52. The van der Waals surface area contributed by atoms with Gasteiger partial charge in [-0.1, -0.05) is 49.2 Å². The van der Waals surface area contributed by atoms with E-state index in [0.29, 0.717) is 12.3 Å². The Kier molecular flexibility index (Phi) is 7.37. The fourth-order valence-corrected chi connectivity index (χ4v) is 5.97. The molecule has 7 heteroatoms. The Morgan fingerprint density at radius 2 is 1.92 bits per heavy atom. The first-order valence-electron chi connectivity index (χ1n) is 12.9. The molecule has 1 N–H and O–H groups in total. The third-order valence-electron chi connectivity index (χ3n) is 7.01. The average molecular weight is 504 g/mol. The van der Waals surface area contributed by atoms with Gasteiger partial charge in [0.05, 0.1) is 6.04 Å². The number of hydrogen-bond donors (Lipinski definition) is 1. The molecule has 2 heterocycles. The number of aromatic nitrogens is 1. The van der Waals surface area contributed by atoms with E-state index in [2.05, 4.69) is 39.5 Å². The highest BCUT2D eigenvalue weighted by Crippen LogP contribution is 2.39. The zero-order valence-electron chi connectivity index (χ0n) is 20.9. The molecule has 0 radical (unpaired) electrons. The number of nitrogens with zero attached hydrogens (tertiary/aromatic N) is 2. The van der Waals surface area contributed by atoms with E-state index in [1.165, 1.54) is 16.9 Å². The maximum atomic E-state index is 13.6. The van der Waals surface area contributed by atoms with Gasteiger partial charge in [-0.3, -0.25) is 9.59 Å². The number of carbonyl (C=O) groups is 2. The van der Waals surface area contributed by atoms with Crippen LogP contribution in [0, 0.1) is 5.92 Å². The number of hydrogen-bond acceptors (Lipinski definition) is 5. The lowest BCUT2D eigenvalue weighted by atomic mass is 9.87. The lowest BCUT2D eigenvalue weighted by molar-refractivity contribution is -0.137. The molecule has 2 aliphatic rings. The second-order valence-corrected chi connectivity index (χ2v) is 10.9. The molecule has 6 nitrogen and oxygen atoms in total. The summed E-state index contributed by atoms with van der Waals surface area (Å²) in [6, 6.07) is 16.5. The second-order valence-electron chi connectivity index (χ2n) is 9.98. The lowest BCUT2D eigenvalue weighted by Crippen LogP contribution is -2.43. The third-order valence-corrected chi connectivity index (χ3v) is 7.84. The van der Waals surface area contributed by atoms with Crippen molar-refractivity contribution in [1.29, 1.82) is 0 Å². The minimum atomic E-state index is -0.168.